The van der Waals surface area contributed by atoms with Crippen LogP contribution in [0.15, 0.2) is 77.8 Å². The number of carbonyl (C=O) groups excluding carboxylic acids is 1. The van der Waals surface area contributed by atoms with Gasteiger partial charge in [0.05, 0.1) is 10.6 Å². The predicted octanol–water partition coefficient (Wildman–Crippen LogP) is 6.74. The van der Waals surface area contributed by atoms with Gasteiger partial charge in [0, 0.05) is 39.3 Å². The molecule has 0 saturated carbocycles. The highest BCUT2D eigenvalue weighted by atomic mass is 35.5. The van der Waals surface area contributed by atoms with Crippen LogP contribution in [0.4, 0.5) is 10.1 Å². The average Bonchev–Trinajstić information content (AvgIpc) is 3.32. The van der Waals surface area contributed by atoms with Crippen molar-refractivity contribution in [2.24, 2.45) is 0 Å². The van der Waals surface area contributed by atoms with Gasteiger partial charge in [-0.1, -0.05) is 71.4 Å². The third kappa shape index (κ3) is 4.60. The van der Waals surface area contributed by atoms with Crippen LogP contribution in [0, 0.1) is 5.82 Å². The standard InChI is InChI=1S/C25H18Cl2FN3OS/c26-17-10-9-15(19(27)12-17)13-31-14-16(18-5-1-4-8-22(18)31)11-23-24(32)30-25(33-23)29-21-7-3-2-6-20(21)28/h1-12,14,25,29H,13H2,(H,30,32)/b23-11-. The number of anilines is 1. The van der Waals surface area contributed by atoms with Crippen molar-refractivity contribution < 1.29 is 9.18 Å². The average molecular weight is 498 g/mol. The molecule has 1 aliphatic rings. The van der Waals surface area contributed by atoms with Crippen molar-refractivity contribution in [3.8, 4) is 0 Å². The fraction of sp³-hybridized carbons (Fsp3) is 0.0800. The topological polar surface area (TPSA) is 46.1 Å². The first kappa shape index (κ1) is 21.9. The van der Waals surface area contributed by atoms with Crippen LogP contribution < -0.4 is 10.6 Å². The van der Waals surface area contributed by atoms with E-state index in [9.17, 15) is 9.18 Å². The maximum atomic E-state index is 14.0. The number of hydrogen-bond donors (Lipinski definition) is 2. The Labute approximate surface area is 204 Å². The second-order valence-corrected chi connectivity index (χ2v) is 9.56. The van der Waals surface area contributed by atoms with E-state index in [-0.39, 0.29) is 11.7 Å². The third-order valence-electron chi connectivity index (χ3n) is 5.35. The van der Waals surface area contributed by atoms with Crippen LogP contribution in [0.1, 0.15) is 11.1 Å². The number of fused-ring (bicyclic) bond motifs is 1. The van der Waals surface area contributed by atoms with Crippen LogP contribution in [0.3, 0.4) is 0 Å². The first-order chi connectivity index (χ1) is 16.0. The van der Waals surface area contributed by atoms with Crippen LogP contribution in [0.2, 0.25) is 10.0 Å². The summed E-state index contributed by atoms with van der Waals surface area (Å²) in [6, 6.07) is 19.8. The Morgan fingerprint density at radius 2 is 1.88 bits per heavy atom. The van der Waals surface area contributed by atoms with Crippen molar-refractivity contribution in [2.75, 3.05) is 5.32 Å². The second kappa shape index (κ2) is 9.14. The summed E-state index contributed by atoms with van der Waals surface area (Å²) in [7, 11) is 0. The Balaban J connectivity index is 1.44. The fourth-order valence-corrected chi connectivity index (χ4v) is 5.22. The van der Waals surface area contributed by atoms with Gasteiger partial charge >= 0.3 is 0 Å². The Morgan fingerprint density at radius 1 is 1.09 bits per heavy atom. The lowest BCUT2D eigenvalue weighted by Gasteiger charge is -2.12. The van der Waals surface area contributed by atoms with Crippen LogP contribution in [0.25, 0.3) is 17.0 Å². The Morgan fingerprint density at radius 3 is 2.70 bits per heavy atom. The number of halogens is 3. The number of thioether (sulfide) groups is 1. The molecule has 0 spiro atoms. The zero-order chi connectivity index (χ0) is 22.9. The molecule has 166 valence electrons. The van der Waals surface area contributed by atoms with Gasteiger partial charge in [-0.3, -0.25) is 4.79 Å². The number of nitrogens with zero attached hydrogens (tertiary/aromatic N) is 1. The minimum Gasteiger partial charge on any atom is -0.354 e. The molecule has 2 N–H and O–H groups in total. The van der Waals surface area contributed by atoms with Gasteiger partial charge in [0.15, 0.2) is 5.50 Å². The summed E-state index contributed by atoms with van der Waals surface area (Å²) in [6.07, 6.45) is 3.87. The highest BCUT2D eigenvalue weighted by Crippen LogP contribution is 2.33. The van der Waals surface area contributed by atoms with Crippen LogP contribution in [-0.4, -0.2) is 16.0 Å². The number of amides is 1. The molecule has 1 unspecified atom stereocenters. The largest absolute Gasteiger partial charge is 0.354 e. The van der Waals surface area contributed by atoms with Crippen molar-refractivity contribution in [3.63, 3.8) is 0 Å². The van der Waals surface area contributed by atoms with Gasteiger partial charge in [0.2, 0.25) is 0 Å². The molecule has 1 aliphatic heterocycles. The number of benzene rings is 3. The molecule has 0 bridgehead atoms. The van der Waals surface area contributed by atoms with Crippen molar-refractivity contribution in [3.05, 3.63) is 105 Å². The van der Waals surface area contributed by atoms with E-state index in [1.165, 1.54) is 17.8 Å². The molecule has 5 rings (SSSR count). The molecule has 1 aromatic heterocycles. The summed E-state index contributed by atoms with van der Waals surface area (Å²) in [5.41, 5.74) is 2.78. The normalized spacial score (nSPS) is 17.0. The molecule has 1 amide bonds. The highest BCUT2D eigenvalue weighted by molar-refractivity contribution is 8.05. The van der Waals surface area contributed by atoms with E-state index in [2.05, 4.69) is 15.2 Å². The molecule has 4 aromatic rings. The first-order valence-electron chi connectivity index (χ1n) is 10.2. The molecular weight excluding hydrogens is 480 g/mol. The third-order valence-corrected chi connectivity index (χ3v) is 6.97. The molecule has 4 nitrogen and oxygen atoms in total. The fourth-order valence-electron chi connectivity index (χ4n) is 3.78. The molecule has 1 saturated heterocycles. The SMILES string of the molecule is O=C1NC(Nc2ccccc2F)S/C1=C\c1cn(Cc2ccc(Cl)cc2Cl)c2ccccc12. The van der Waals surface area contributed by atoms with E-state index in [0.29, 0.717) is 27.2 Å². The minimum atomic E-state index is -0.457. The van der Waals surface area contributed by atoms with Crippen LogP contribution >= 0.6 is 35.0 Å². The highest BCUT2D eigenvalue weighted by Gasteiger charge is 2.28. The van der Waals surface area contributed by atoms with E-state index < -0.39 is 5.50 Å². The molecule has 8 heteroatoms. The van der Waals surface area contributed by atoms with Gasteiger partial charge in [0.25, 0.3) is 5.91 Å². The Hall–Kier alpha value is -2.93. The van der Waals surface area contributed by atoms with E-state index in [1.807, 2.05) is 48.7 Å². The Kier molecular flexibility index (Phi) is 6.06. The lowest BCUT2D eigenvalue weighted by atomic mass is 10.1. The van der Waals surface area contributed by atoms with Gasteiger partial charge in [-0.05, 0) is 42.0 Å². The zero-order valence-corrected chi connectivity index (χ0v) is 19.5. The number of nitrogens with one attached hydrogen (secondary N) is 2. The lowest BCUT2D eigenvalue weighted by Crippen LogP contribution is -2.31. The van der Waals surface area contributed by atoms with Gasteiger partial charge in [-0.15, -0.1) is 0 Å². The van der Waals surface area contributed by atoms with Crippen molar-refractivity contribution in [2.45, 2.75) is 12.0 Å². The van der Waals surface area contributed by atoms with Gasteiger partial charge in [0.1, 0.15) is 5.82 Å². The molecule has 2 heterocycles. The van der Waals surface area contributed by atoms with Crippen molar-refractivity contribution in [1.29, 1.82) is 0 Å². The van der Waals surface area contributed by atoms with E-state index in [4.69, 9.17) is 23.2 Å². The molecule has 0 radical (unpaired) electrons. The Bertz CT molecular complexity index is 1400. The number of aromatic nitrogens is 1. The van der Waals surface area contributed by atoms with Crippen molar-refractivity contribution in [1.82, 2.24) is 9.88 Å². The maximum absolute atomic E-state index is 14.0. The van der Waals surface area contributed by atoms with Crippen LogP contribution in [-0.2, 0) is 11.3 Å². The summed E-state index contributed by atoms with van der Waals surface area (Å²) in [5.74, 6) is -0.569. The van der Waals surface area contributed by atoms with E-state index in [1.54, 1.807) is 24.3 Å². The van der Waals surface area contributed by atoms with Gasteiger partial charge in [-0.2, -0.15) is 0 Å². The summed E-state index contributed by atoms with van der Waals surface area (Å²) < 4.78 is 16.1. The molecule has 1 atom stereocenters. The quantitative estimate of drug-likeness (QED) is 0.300. The van der Waals surface area contributed by atoms with E-state index >= 15 is 0 Å². The van der Waals surface area contributed by atoms with E-state index in [0.717, 1.165) is 22.0 Å². The molecule has 0 aliphatic carbocycles. The first-order valence-corrected chi connectivity index (χ1v) is 11.8. The molecule has 1 fully saturated rings. The summed E-state index contributed by atoms with van der Waals surface area (Å²) in [4.78, 5) is 13.2. The summed E-state index contributed by atoms with van der Waals surface area (Å²) >= 11 is 13.7. The predicted molar refractivity (Wildman–Crippen MR) is 135 cm³/mol. The maximum Gasteiger partial charge on any atom is 0.260 e. The summed E-state index contributed by atoms with van der Waals surface area (Å²) in [5, 5.41) is 8.09. The summed E-state index contributed by atoms with van der Waals surface area (Å²) in [6.45, 7) is 0.566. The zero-order valence-electron chi connectivity index (χ0n) is 17.2. The monoisotopic (exact) mass is 497 g/mol. The molecule has 3 aromatic carbocycles. The minimum absolute atomic E-state index is 0.202. The van der Waals surface area contributed by atoms with Crippen molar-refractivity contribution >= 4 is 63.5 Å². The van der Waals surface area contributed by atoms with Crippen LogP contribution in [0.5, 0.6) is 0 Å². The number of carbonyl (C=O) groups is 1. The van der Waals surface area contributed by atoms with Gasteiger partial charge in [-0.25, -0.2) is 4.39 Å². The second-order valence-electron chi connectivity index (χ2n) is 7.57. The number of hydrogen-bond acceptors (Lipinski definition) is 3. The molecule has 33 heavy (non-hydrogen) atoms. The smallest absolute Gasteiger partial charge is 0.260 e. The van der Waals surface area contributed by atoms with Gasteiger partial charge < -0.3 is 15.2 Å². The number of rotatable bonds is 5. The number of para-hydroxylation sites is 2. The lowest BCUT2D eigenvalue weighted by molar-refractivity contribution is -0.116. The molecular formula is C25H18Cl2FN3OS.